The normalized spacial score (nSPS) is 17.3. The van der Waals surface area contributed by atoms with Gasteiger partial charge in [-0.2, -0.15) is 0 Å². The average Bonchev–Trinajstić information content (AvgIpc) is 2.68. The number of likely N-dealkylation sites (tertiary alicyclic amines) is 1. The van der Waals surface area contributed by atoms with Crippen LogP contribution in [0.15, 0.2) is 41.8 Å². The van der Waals surface area contributed by atoms with E-state index in [1.807, 2.05) is 17.0 Å². The minimum absolute atomic E-state index is 0.0453. The van der Waals surface area contributed by atoms with E-state index in [9.17, 15) is 4.79 Å². The van der Waals surface area contributed by atoms with Crippen LogP contribution in [-0.4, -0.2) is 50.7 Å². The van der Waals surface area contributed by atoms with Gasteiger partial charge in [-0.1, -0.05) is 6.92 Å². The summed E-state index contributed by atoms with van der Waals surface area (Å²) in [5.41, 5.74) is 1.08. The van der Waals surface area contributed by atoms with E-state index in [0.29, 0.717) is 18.3 Å². The lowest BCUT2D eigenvalue weighted by Crippen LogP contribution is -2.45. The van der Waals surface area contributed by atoms with Crippen molar-refractivity contribution >= 4 is 17.7 Å². The molecule has 0 aromatic carbocycles. The molecule has 7 heteroatoms. The van der Waals surface area contributed by atoms with Crippen LogP contribution < -0.4 is 4.74 Å². The van der Waals surface area contributed by atoms with E-state index < -0.39 is 0 Å². The molecule has 1 unspecified atom stereocenters. The van der Waals surface area contributed by atoms with Crippen molar-refractivity contribution in [3.8, 4) is 6.01 Å². The van der Waals surface area contributed by atoms with E-state index in [-0.39, 0.29) is 12.0 Å². The number of carbonyl (C=O) groups excluding carboxylic acids is 1. The Kier molecular flexibility index (Phi) is 6.22. The van der Waals surface area contributed by atoms with Gasteiger partial charge in [-0.25, -0.2) is 9.97 Å². The summed E-state index contributed by atoms with van der Waals surface area (Å²) in [6, 6.07) is 4.22. The lowest BCUT2D eigenvalue weighted by atomic mass is 10.1. The second-order valence-electron chi connectivity index (χ2n) is 5.92. The molecule has 25 heavy (non-hydrogen) atoms. The largest absolute Gasteiger partial charge is 0.458 e. The third-order valence-electron chi connectivity index (χ3n) is 4.10. The van der Waals surface area contributed by atoms with Crippen LogP contribution in [0.3, 0.4) is 0 Å². The molecule has 1 amide bonds. The van der Waals surface area contributed by atoms with Crippen LogP contribution in [0, 0.1) is 0 Å². The zero-order chi connectivity index (χ0) is 17.5. The molecule has 6 nitrogen and oxygen atoms in total. The van der Waals surface area contributed by atoms with Gasteiger partial charge in [-0.05, 0) is 37.0 Å². The van der Waals surface area contributed by atoms with Crippen molar-refractivity contribution in [2.45, 2.75) is 37.2 Å². The van der Waals surface area contributed by atoms with Gasteiger partial charge in [0.15, 0.2) is 0 Å². The first-order valence-electron chi connectivity index (χ1n) is 8.52. The number of hydrogen-bond donors (Lipinski definition) is 0. The molecule has 3 rings (SSSR count). The van der Waals surface area contributed by atoms with E-state index >= 15 is 0 Å². The topological polar surface area (TPSA) is 68.2 Å². The molecular weight excluding hydrogens is 336 g/mol. The van der Waals surface area contributed by atoms with E-state index in [2.05, 4.69) is 21.9 Å². The molecule has 0 N–H and O–H groups in total. The molecule has 2 aromatic rings. The predicted octanol–water partition coefficient (Wildman–Crippen LogP) is 2.60. The second kappa shape index (κ2) is 8.80. The van der Waals surface area contributed by atoms with Crippen molar-refractivity contribution < 1.29 is 9.53 Å². The molecule has 0 bridgehead atoms. The minimum Gasteiger partial charge on any atom is -0.458 e. The highest BCUT2D eigenvalue weighted by molar-refractivity contribution is 8.00. The van der Waals surface area contributed by atoms with Gasteiger partial charge >= 0.3 is 6.01 Å². The number of amides is 1. The number of rotatable bonds is 6. The lowest BCUT2D eigenvalue weighted by molar-refractivity contribution is -0.131. The zero-order valence-corrected chi connectivity index (χ0v) is 15.1. The Balaban J connectivity index is 1.50. The quantitative estimate of drug-likeness (QED) is 0.740. The Bertz CT molecular complexity index is 681. The molecule has 0 radical (unpaired) electrons. The molecule has 1 fully saturated rings. The summed E-state index contributed by atoms with van der Waals surface area (Å²) in [5, 5.41) is 0. The summed E-state index contributed by atoms with van der Waals surface area (Å²) in [6.45, 7) is 3.44. The molecule has 0 aliphatic carbocycles. The average molecular weight is 358 g/mol. The van der Waals surface area contributed by atoms with Crippen LogP contribution in [0.2, 0.25) is 0 Å². The smallest absolute Gasteiger partial charge is 0.316 e. The van der Waals surface area contributed by atoms with E-state index in [1.54, 1.807) is 24.8 Å². The highest BCUT2D eigenvalue weighted by Crippen LogP contribution is 2.20. The predicted molar refractivity (Wildman–Crippen MR) is 96.6 cm³/mol. The molecule has 1 aliphatic rings. The summed E-state index contributed by atoms with van der Waals surface area (Å²) in [7, 11) is 0. The summed E-state index contributed by atoms with van der Waals surface area (Å²) in [5.74, 6) is 0.565. The van der Waals surface area contributed by atoms with Crippen LogP contribution in [0.1, 0.15) is 25.3 Å². The number of thioether (sulfide) groups is 1. The highest BCUT2D eigenvalue weighted by Gasteiger charge is 2.25. The molecule has 1 atom stereocenters. The SMILES string of the molecule is CCc1cnc(OC2CCCN(C(=O)CSc3ccncc3)C2)nc1. The number of aryl methyl sites for hydroxylation is 1. The fraction of sp³-hybridized carbons (Fsp3) is 0.444. The maximum atomic E-state index is 12.5. The van der Waals surface area contributed by atoms with Gasteiger partial charge in [0.2, 0.25) is 5.91 Å². The van der Waals surface area contributed by atoms with Crippen LogP contribution >= 0.6 is 11.8 Å². The maximum Gasteiger partial charge on any atom is 0.316 e. The molecule has 3 heterocycles. The van der Waals surface area contributed by atoms with E-state index in [1.165, 1.54) is 11.8 Å². The van der Waals surface area contributed by atoms with Crippen molar-refractivity contribution in [2.24, 2.45) is 0 Å². The number of carbonyl (C=O) groups is 1. The Morgan fingerprint density at radius 3 is 2.80 bits per heavy atom. The summed E-state index contributed by atoms with van der Waals surface area (Å²) in [6.07, 6.45) is 9.77. The molecule has 0 saturated carbocycles. The number of piperidine rings is 1. The van der Waals surface area contributed by atoms with Gasteiger partial charge in [-0.15, -0.1) is 11.8 Å². The van der Waals surface area contributed by atoms with Crippen LogP contribution in [0.5, 0.6) is 6.01 Å². The molecule has 1 saturated heterocycles. The van der Waals surface area contributed by atoms with Crippen LogP contribution in [0.25, 0.3) is 0 Å². The van der Waals surface area contributed by atoms with Crippen LogP contribution in [-0.2, 0) is 11.2 Å². The van der Waals surface area contributed by atoms with Crippen molar-refractivity contribution in [3.05, 3.63) is 42.5 Å². The van der Waals surface area contributed by atoms with Crippen molar-refractivity contribution in [3.63, 3.8) is 0 Å². The monoisotopic (exact) mass is 358 g/mol. The molecular formula is C18H22N4O2S. The molecule has 132 valence electrons. The molecule has 2 aromatic heterocycles. The first-order chi connectivity index (χ1) is 12.2. The lowest BCUT2D eigenvalue weighted by Gasteiger charge is -2.32. The Morgan fingerprint density at radius 1 is 1.32 bits per heavy atom. The van der Waals surface area contributed by atoms with Gasteiger partial charge in [0, 0.05) is 36.2 Å². The Morgan fingerprint density at radius 2 is 2.08 bits per heavy atom. The second-order valence-corrected chi connectivity index (χ2v) is 6.97. The molecule has 1 aliphatic heterocycles. The Labute approximate surface area is 152 Å². The first-order valence-corrected chi connectivity index (χ1v) is 9.51. The van der Waals surface area contributed by atoms with Crippen molar-refractivity contribution in [2.75, 3.05) is 18.8 Å². The maximum absolute atomic E-state index is 12.5. The number of hydrogen-bond acceptors (Lipinski definition) is 6. The molecule has 0 spiro atoms. The van der Waals surface area contributed by atoms with Gasteiger partial charge in [0.1, 0.15) is 6.10 Å². The fourth-order valence-electron chi connectivity index (χ4n) is 2.67. The zero-order valence-electron chi connectivity index (χ0n) is 14.3. The first kappa shape index (κ1) is 17.7. The minimum atomic E-state index is -0.0453. The number of nitrogens with zero attached hydrogens (tertiary/aromatic N) is 4. The van der Waals surface area contributed by atoms with Crippen molar-refractivity contribution in [1.29, 1.82) is 0 Å². The standard InChI is InChI=1S/C18H22N4O2S/c1-2-14-10-20-18(21-11-14)24-15-4-3-9-22(12-15)17(23)13-25-16-5-7-19-8-6-16/h5-8,10-11,15H,2-4,9,12-13H2,1H3. The van der Waals surface area contributed by atoms with E-state index in [4.69, 9.17) is 4.74 Å². The van der Waals surface area contributed by atoms with Crippen molar-refractivity contribution in [1.82, 2.24) is 19.9 Å². The number of ether oxygens (including phenoxy) is 1. The van der Waals surface area contributed by atoms with E-state index in [0.717, 1.165) is 36.3 Å². The fourth-order valence-corrected chi connectivity index (χ4v) is 3.45. The number of aromatic nitrogens is 3. The highest BCUT2D eigenvalue weighted by atomic mass is 32.2. The van der Waals surface area contributed by atoms with Gasteiger partial charge in [-0.3, -0.25) is 9.78 Å². The number of pyridine rings is 1. The third-order valence-corrected chi connectivity index (χ3v) is 5.10. The summed E-state index contributed by atoms with van der Waals surface area (Å²) < 4.78 is 5.87. The summed E-state index contributed by atoms with van der Waals surface area (Å²) >= 11 is 1.53. The van der Waals surface area contributed by atoms with Gasteiger partial charge in [0.05, 0.1) is 12.3 Å². The van der Waals surface area contributed by atoms with Gasteiger partial charge in [0.25, 0.3) is 0 Å². The Hall–Kier alpha value is -2.15. The van der Waals surface area contributed by atoms with Crippen LogP contribution in [0.4, 0.5) is 0 Å². The summed E-state index contributed by atoms with van der Waals surface area (Å²) in [4.78, 5) is 27.9. The third kappa shape index (κ3) is 5.16. The van der Waals surface area contributed by atoms with Gasteiger partial charge < -0.3 is 9.64 Å².